The minimum atomic E-state index is 0.365. The summed E-state index contributed by atoms with van der Waals surface area (Å²) < 4.78 is 0. The fraction of sp³-hybridized carbons (Fsp3) is 1.00. The van der Waals surface area contributed by atoms with E-state index in [1.807, 2.05) is 0 Å². The predicted octanol–water partition coefficient (Wildman–Crippen LogP) is 1.93. The summed E-state index contributed by atoms with van der Waals surface area (Å²) in [5.41, 5.74) is 0.412. The summed E-state index contributed by atoms with van der Waals surface area (Å²) >= 11 is 0. The van der Waals surface area contributed by atoms with Gasteiger partial charge in [-0.15, -0.1) is 0 Å². The fourth-order valence-electron chi connectivity index (χ4n) is 3.35. The highest BCUT2D eigenvalue weighted by molar-refractivity contribution is 5.01. The van der Waals surface area contributed by atoms with Gasteiger partial charge >= 0.3 is 0 Å². The third-order valence-electron chi connectivity index (χ3n) is 4.40. The van der Waals surface area contributed by atoms with Crippen LogP contribution in [0.15, 0.2) is 0 Å². The van der Waals surface area contributed by atoms with Crippen LogP contribution in [0.25, 0.3) is 0 Å². The first kappa shape index (κ1) is 10.4. The standard InChI is InChI=1S/C12H23NO/c1-10-2-6-12(7-3-10)11(5-9-14)4-8-13-12/h10-11,13-14H,2-9H2,1H3. The Bertz CT molecular complexity index is 185. The Morgan fingerprint density at radius 1 is 1.29 bits per heavy atom. The van der Waals surface area contributed by atoms with E-state index >= 15 is 0 Å². The van der Waals surface area contributed by atoms with Crippen molar-refractivity contribution in [1.29, 1.82) is 0 Å². The number of aliphatic hydroxyl groups excluding tert-OH is 1. The van der Waals surface area contributed by atoms with Gasteiger partial charge in [-0.1, -0.05) is 6.92 Å². The minimum Gasteiger partial charge on any atom is -0.396 e. The second-order valence-corrected chi connectivity index (χ2v) is 5.26. The average Bonchev–Trinajstić information content (AvgIpc) is 2.56. The number of nitrogens with one attached hydrogen (secondary N) is 1. The molecule has 0 aromatic carbocycles. The normalized spacial score (nSPS) is 43.3. The smallest absolute Gasteiger partial charge is 0.0434 e. The third-order valence-corrected chi connectivity index (χ3v) is 4.40. The maximum absolute atomic E-state index is 9.06. The van der Waals surface area contributed by atoms with Gasteiger partial charge in [0, 0.05) is 12.1 Å². The largest absolute Gasteiger partial charge is 0.396 e. The first-order valence-corrected chi connectivity index (χ1v) is 6.13. The molecule has 0 aromatic rings. The fourth-order valence-corrected chi connectivity index (χ4v) is 3.35. The quantitative estimate of drug-likeness (QED) is 0.709. The zero-order chi connectivity index (χ0) is 10.0. The maximum atomic E-state index is 9.06. The highest BCUT2D eigenvalue weighted by Gasteiger charge is 2.43. The van der Waals surface area contributed by atoms with Gasteiger partial charge in [-0.05, 0) is 56.9 Å². The lowest BCUT2D eigenvalue weighted by Crippen LogP contribution is -2.47. The van der Waals surface area contributed by atoms with Crippen LogP contribution in [0.4, 0.5) is 0 Å². The lowest BCUT2D eigenvalue weighted by molar-refractivity contribution is 0.140. The van der Waals surface area contributed by atoms with Crippen LogP contribution in [0.2, 0.25) is 0 Å². The van der Waals surface area contributed by atoms with Crippen LogP contribution in [0.1, 0.15) is 45.4 Å². The van der Waals surface area contributed by atoms with Gasteiger partial charge in [0.2, 0.25) is 0 Å². The molecule has 82 valence electrons. The van der Waals surface area contributed by atoms with E-state index in [1.165, 1.54) is 38.6 Å². The summed E-state index contributed by atoms with van der Waals surface area (Å²) in [7, 11) is 0. The predicted molar refractivity (Wildman–Crippen MR) is 58.2 cm³/mol. The van der Waals surface area contributed by atoms with E-state index in [0.717, 1.165) is 18.3 Å². The molecule has 14 heavy (non-hydrogen) atoms. The van der Waals surface area contributed by atoms with E-state index < -0.39 is 0 Å². The van der Waals surface area contributed by atoms with E-state index in [2.05, 4.69) is 12.2 Å². The van der Waals surface area contributed by atoms with Crippen LogP contribution in [-0.2, 0) is 0 Å². The third kappa shape index (κ3) is 1.82. The number of hydrogen-bond acceptors (Lipinski definition) is 2. The van der Waals surface area contributed by atoms with Crippen LogP contribution >= 0.6 is 0 Å². The highest BCUT2D eigenvalue weighted by atomic mass is 16.3. The van der Waals surface area contributed by atoms with E-state index in [0.29, 0.717) is 12.1 Å². The molecule has 1 aliphatic heterocycles. The van der Waals surface area contributed by atoms with Crippen molar-refractivity contribution in [3.63, 3.8) is 0 Å². The molecule has 2 heteroatoms. The lowest BCUT2D eigenvalue weighted by atomic mass is 9.70. The molecule has 1 spiro atoms. The molecule has 0 aromatic heterocycles. The monoisotopic (exact) mass is 197 g/mol. The summed E-state index contributed by atoms with van der Waals surface area (Å²) in [6, 6.07) is 0. The lowest BCUT2D eigenvalue weighted by Gasteiger charge is -2.41. The summed E-state index contributed by atoms with van der Waals surface area (Å²) in [6.45, 7) is 3.89. The molecular formula is C12H23NO. The van der Waals surface area contributed by atoms with E-state index in [1.54, 1.807) is 0 Å². The van der Waals surface area contributed by atoms with E-state index in [4.69, 9.17) is 5.11 Å². The Morgan fingerprint density at radius 2 is 2.00 bits per heavy atom. The van der Waals surface area contributed by atoms with Crippen molar-refractivity contribution in [2.45, 2.75) is 51.0 Å². The molecule has 0 radical (unpaired) electrons. The molecule has 2 aliphatic rings. The molecule has 2 rings (SSSR count). The second-order valence-electron chi connectivity index (χ2n) is 5.26. The van der Waals surface area contributed by atoms with Crippen molar-refractivity contribution in [3.8, 4) is 0 Å². The summed E-state index contributed by atoms with van der Waals surface area (Å²) in [5.74, 6) is 1.65. The number of rotatable bonds is 2. The van der Waals surface area contributed by atoms with Gasteiger partial charge in [-0.25, -0.2) is 0 Å². The van der Waals surface area contributed by atoms with Crippen molar-refractivity contribution in [3.05, 3.63) is 0 Å². The molecular weight excluding hydrogens is 174 g/mol. The molecule has 2 nitrogen and oxygen atoms in total. The van der Waals surface area contributed by atoms with E-state index in [-0.39, 0.29) is 0 Å². The first-order chi connectivity index (χ1) is 6.77. The van der Waals surface area contributed by atoms with Crippen molar-refractivity contribution in [2.24, 2.45) is 11.8 Å². The molecule has 2 N–H and O–H groups in total. The highest BCUT2D eigenvalue weighted by Crippen LogP contribution is 2.42. The topological polar surface area (TPSA) is 32.3 Å². The Morgan fingerprint density at radius 3 is 2.64 bits per heavy atom. The molecule has 1 atom stereocenters. The van der Waals surface area contributed by atoms with Crippen molar-refractivity contribution in [2.75, 3.05) is 13.2 Å². The van der Waals surface area contributed by atoms with Gasteiger partial charge in [-0.3, -0.25) is 0 Å². The van der Waals surface area contributed by atoms with Crippen LogP contribution in [-0.4, -0.2) is 23.8 Å². The Labute approximate surface area is 87.1 Å². The number of hydrogen-bond donors (Lipinski definition) is 2. The van der Waals surface area contributed by atoms with Gasteiger partial charge < -0.3 is 10.4 Å². The Balaban J connectivity index is 1.99. The summed E-state index contributed by atoms with van der Waals surface area (Å²) in [5, 5.41) is 12.8. The van der Waals surface area contributed by atoms with Gasteiger partial charge in [0.25, 0.3) is 0 Å². The molecule has 0 bridgehead atoms. The maximum Gasteiger partial charge on any atom is 0.0434 e. The Kier molecular flexibility index (Phi) is 3.13. The van der Waals surface area contributed by atoms with Gasteiger partial charge in [0.15, 0.2) is 0 Å². The molecule has 1 unspecified atom stereocenters. The molecule has 2 fully saturated rings. The molecule has 1 saturated carbocycles. The van der Waals surface area contributed by atoms with Crippen molar-refractivity contribution in [1.82, 2.24) is 5.32 Å². The zero-order valence-corrected chi connectivity index (χ0v) is 9.26. The summed E-state index contributed by atoms with van der Waals surface area (Å²) in [4.78, 5) is 0. The molecule has 1 aliphatic carbocycles. The van der Waals surface area contributed by atoms with Crippen LogP contribution in [0, 0.1) is 11.8 Å². The summed E-state index contributed by atoms with van der Waals surface area (Å²) in [6.07, 6.45) is 7.68. The Hall–Kier alpha value is -0.0800. The van der Waals surface area contributed by atoms with Gasteiger partial charge in [-0.2, -0.15) is 0 Å². The molecule has 1 saturated heterocycles. The van der Waals surface area contributed by atoms with Crippen LogP contribution < -0.4 is 5.32 Å². The molecule has 0 amide bonds. The molecule has 1 heterocycles. The first-order valence-electron chi connectivity index (χ1n) is 6.13. The van der Waals surface area contributed by atoms with Gasteiger partial charge in [0.05, 0.1) is 0 Å². The SMILES string of the molecule is CC1CCC2(CC1)NCCC2CCO. The average molecular weight is 197 g/mol. The van der Waals surface area contributed by atoms with Crippen molar-refractivity contribution < 1.29 is 5.11 Å². The second kappa shape index (κ2) is 4.19. The van der Waals surface area contributed by atoms with E-state index in [9.17, 15) is 0 Å². The zero-order valence-electron chi connectivity index (χ0n) is 9.26. The minimum absolute atomic E-state index is 0.365. The van der Waals surface area contributed by atoms with Gasteiger partial charge in [0.1, 0.15) is 0 Å². The van der Waals surface area contributed by atoms with Crippen molar-refractivity contribution >= 4 is 0 Å². The number of aliphatic hydroxyl groups is 1. The van der Waals surface area contributed by atoms with Crippen LogP contribution in [0.3, 0.4) is 0 Å². The van der Waals surface area contributed by atoms with Crippen LogP contribution in [0.5, 0.6) is 0 Å².